The van der Waals surface area contributed by atoms with E-state index in [4.69, 9.17) is 11.6 Å². The molecule has 0 radical (unpaired) electrons. The Morgan fingerprint density at radius 3 is 2.82 bits per heavy atom. The van der Waals surface area contributed by atoms with Crippen LogP contribution < -0.4 is 5.32 Å². The Morgan fingerprint density at radius 2 is 2.21 bits per heavy atom. The molecule has 3 rings (SSSR count). The highest BCUT2D eigenvalue weighted by molar-refractivity contribution is 8.01. The van der Waals surface area contributed by atoms with E-state index in [1.165, 1.54) is 27.8 Å². The van der Waals surface area contributed by atoms with E-state index < -0.39 is 4.92 Å². The smallest absolute Gasteiger partial charge is 0.312 e. The van der Waals surface area contributed by atoms with Crippen LogP contribution in [0.3, 0.4) is 0 Å². The Bertz CT molecular complexity index is 1020. The monoisotopic (exact) mass is 438 g/mol. The standard InChI is InChI=1S/C16H15ClN6O3S2/c1-9-15(23(25)26)10(2)22(21-9)6-5-14(24)19-11-3-4-13(12(17)7-11)28-16-20-18-8-27-16/h3-4,7-8H,5-6H2,1-2H3,(H,19,24). The molecular weight excluding hydrogens is 424 g/mol. The maximum absolute atomic E-state index is 12.2. The summed E-state index contributed by atoms with van der Waals surface area (Å²) in [5, 5.41) is 26.2. The summed E-state index contributed by atoms with van der Waals surface area (Å²) >= 11 is 9.09. The molecule has 1 amide bonds. The van der Waals surface area contributed by atoms with Gasteiger partial charge in [0, 0.05) is 17.0 Å². The molecule has 0 spiro atoms. The van der Waals surface area contributed by atoms with Crippen molar-refractivity contribution in [2.45, 2.75) is 36.0 Å². The number of nitrogens with zero attached hydrogens (tertiary/aromatic N) is 5. The second-order valence-electron chi connectivity index (χ2n) is 5.75. The highest BCUT2D eigenvalue weighted by atomic mass is 35.5. The normalized spacial score (nSPS) is 10.8. The van der Waals surface area contributed by atoms with Crippen LogP contribution in [0.25, 0.3) is 0 Å². The fraction of sp³-hybridized carbons (Fsp3) is 0.250. The van der Waals surface area contributed by atoms with E-state index in [2.05, 4.69) is 20.6 Å². The van der Waals surface area contributed by atoms with E-state index in [-0.39, 0.29) is 24.6 Å². The first kappa shape index (κ1) is 20.2. The lowest BCUT2D eigenvalue weighted by atomic mass is 10.3. The predicted molar refractivity (Wildman–Crippen MR) is 107 cm³/mol. The fourth-order valence-corrected chi connectivity index (χ4v) is 4.30. The molecule has 0 aliphatic rings. The van der Waals surface area contributed by atoms with Crippen molar-refractivity contribution in [3.05, 3.63) is 50.2 Å². The summed E-state index contributed by atoms with van der Waals surface area (Å²) in [5.41, 5.74) is 2.95. The zero-order chi connectivity index (χ0) is 20.3. The maximum atomic E-state index is 12.2. The van der Waals surface area contributed by atoms with Crippen LogP contribution in [0.2, 0.25) is 5.02 Å². The van der Waals surface area contributed by atoms with Crippen molar-refractivity contribution < 1.29 is 9.72 Å². The molecule has 9 nitrogen and oxygen atoms in total. The first-order chi connectivity index (χ1) is 13.3. The molecule has 0 aliphatic heterocycles. The maximum Gasteiger partial charge on any atom is 0.312 e. The number of benzene rings is 1. The van der Waals surface area contributed by atoms with E-state index in [1.807, 2.05) is 0 Å². The van der Waals surface area contributed by atoms with E-state index >= 15 is 0 Å². The molecule has 0 bridgehead atoms. The minimum atomic E-state index is -0.461. The molecule has 0 fully saturated rings. The SMILES string of the molecule is Cc1nn(CCC(=O)Nc2ccc(Sc3nncs3)c(Cl)c2)c(C)c1[N+](=O)[O-]. The topological polar surface area (TPSA) is 116 Å². The van der Waals surface area contributed by atoms with Crippen molar-refractivity contribution >= 4 is 52.0 Å². The average Bonchev–Trinajstić information content (AvgIpc) is 3.23. The molecule has 2 heterocycles. The third-order valence-electron chi connectivity index (χ3n) is 3.83. The molecule has 0 saturated heterocycles. The number of rotatable bonds is 7. The number of hydrogen-bond donors (Lipinski definition) is 1. The van der Waals surface area contributed by atoms with E-state index in [1.54, 1.807) is 37.6 Å². The number of anilines is 1. The van der Waals surface area contributed by atoms with Crippen LogP contribution in [-0.4, -0.2) is 30.8 Å². The van der Waals surface area contributed by atoms with E-state index in [9.17, 15) is 14.9 Å². The molecule has 1 aromatic carbocycles. The van der Waals surface area contributed by atoms with Crippen molar-refractivity contribution in [1.29, 1.82) is 0 Å². The third kappa shape index (κ3) is 4.66. The van der Waals surface area contributed by atoms with Crippen LogP contribution in [-0.2, 0) is 11.3 Å². The highest BCUT2D eigenvalue weighted by Crippen LogP contribution is 2.35. The number of carbonyl (C=O) groups excluding carboxylic acids is 1. The molecule has 12 heteroatoms. The Kier molecular flexibility index (Phi) is 6.27. The van der Waals surface area contributed by atoms with Gasteiger partial charge in [-0.15, -0.1) is 10.2 Å². The van der Waals surface area contributed by atoms with Gasteiger partial charge in [0.25, 0.3) is 0 Å². The molecule has 1 N–H and O–H groups in total. The number of aromatic nitrogens is 4. The van der Waals surface area contributed by atoms with Gasteiger partial charge in [-0.2, -0.15) is 5.10 Å². The number of halogens is 1. The molecular formula is C16H15ClN6O3S2. The van der Waals surface area contributed by atoms with Gasteiger partial charge in [0.15, 0.2) is 4.34 Å². The predicted octanol–water partition coefficient (Wildman–Crippen LogP) is 4.09. The summed E-state index contributed by atoms with van der Waals surface area (Å²) in [4.78, 5) is 23.6. The molecule has 3 aromatic rings. The van der Waals surface area contributed by atoms with Crippen LogP contribution in [0.1, 0.15) is 17.8 Å². The van der Waals surface area contributed by atoms with E-state index in [0.717, 1.165) is 9.24 Å². The highest BCUT2D eigenvalue weighted by Gasteiger charge is 2.21. The largest absolute Gasteiger partial charge is 0.326 e. The molecule has 0 unspecified atom stereocenters. The first-order valence-electron chi connectivity index (χ1n) is 8.07. The second-order valence-corrected chi connectivity index (χ2v) is 8.28. The Balaban J connectivity index is 1.60. The summed E-state index contributed by atoms with van der Waals surface area (Å²) in [6.07, 6.45) is 0.123. The molecule has 0 saturated carbocycles. The van der Waals surface area contributed by atoms with Crippen LogP contribution in [0.15, 0.2) is 32.9 Å². The molecule has 146 valence electrons. The van der Waals surface area contributed by atoms with Gasteiger partial charge in [-0.1, -0.05) is 34.7 Å². The van der Waals surface area contributed by atoms with Crippen molar-refractivity contribution in [3.63, 3.8) is 0 Å². The van der Waals surface area contributed by atoms with Gasteiger partial charge in [0.2, 0.25) is 5.91 Å². The summed E-state index contributed by atoms with van der Waals surface area (Å²) in [7, 11) is 0. The number of carbonyl (C=O) groups is 1. The number of aryl methyl sites for hydroxylation is 2. The molecule has 0 atom stereocenters. The fourth-order valence-electron chi connectivity index (χ4n) is 2.56. The lowest BCUT2D eigenvalue weighted by Crippen LogP contribution is -2.15. The lowest BCUT2D eigenvalue weighted by Gasteiger charge is -2.08. The molecule has 28 heavy (non-hydrogen) atoms. The van der Waals surface area contributed by atoms with Crippen LogP contribution in [0.5, 0.6) is 0 Å². The number of amides is 1. The summed E-state index contributed by atoms with van der Waals surface area (Å²) < 4.78 is 2.25. The van der Waals surface area contributed by atoms with Gasteiger partial charge >= 0.3 is 5.69 Å². The Morgan fingerprint density at radius 1 is 1.43 bits per heavy atom. The first-order valence-corrected chi connectivity index (χ1v) is 10.1. The zero-order valence-corrected chi connectivity index (χ0v) is 17.3. The Labute approximate surface area is 173 Å². The zero-order valence-electron chi connectivity index (χ0n) is 14.9. The average molecular weight is 439 g/mol. The van der Waals surface area contributed by atoms with Gasteiger partial charge in [-0.05, 0) is 32.0 Å². The molecule has 2 aromatic heterocycles. The van der Waals surface area contributed by atoms with Gasteiger partial charge in [-0.25, -0.2) is 0 Å². The summed E-state index contributed by atoms with van der Waals surface area (Å²) in [6.45, 7) is 3.43. The molecule has 0 aliphatic carbocycles. The van der Waals surface area contributed by atoms with Crippen LogP contribution in [0, 0.1) is 24.0 Å². The second kappa shape index (κ2) is 8.67. The Hall–Kier alpha value is -2.50. The van der Waals surface area contributed by atoms with Gasteiger partial charge in [0.1, 0.15) is 16.9 Å². The van der Waals surface area contributed by atoms with Crippen molar-refractivity contribution in [2.75, 3.05) is 5.32 Å². The van der Waals surface area contributed by atoms with Crippen LogP contribution >= 0.6 is 34.7 Å². The quantitative estimate of drug-likeness (QED) is 0.436. The van der Waals surface area contributed by atoms with Crippen molar-refractivity contribution in [1.82, 2.24) is 20.0 Å². The van der Waals surface area contributed by atoms with E-state index in [0.29, 0.717) is 22.1 Å². The minimum Gasteiger partial charge on any atom is -0.326 e. The van der Waals surface area contributed by atoms with Gasteiger partial charge < -0.3 is 5.32 Å². The van der Waals surface area contributed by atoms with Gasteiger partial charge in [-0.3, -0.25) is 19.6 Å². The van der Waals surface area contributed by atoms with Crippen molar-refractivity contribution in [3.8, 4) is 0 Å². The number of nitro groups is 1. The number of hydrogen-bond acceptors (Lipinski definition) is 8. The van der Waals surface area contributed by atoms with Gasteiger partial charge in [0.05, 0.1) is 16.5 Å². The van der Waals surface area contributed by atoms with Crippen molar-refractivity contribution in [2.24, 2.45) is 0 Å². The third-order valence-corrected chi connectivity index (χ3v) is 6.11. The summed E-state index contributed by atoms with van der Waals surface area (Å²) in [6, 6.07) is 5.21. The number of nitrogens with one attached hydrogen (secondary N) is 1. The lowest BCUT2D eigenvalue weighted by molar-refractivity contribution is -0.386. The minimum absolute atomic E-state index is 0.0179. The summed E-state index contributed by atoms with van der Waals surface area (Å²) in [5.74, 6) is -0.240. The van der Waals surface area contributed by atoms with Crippen LogP contribution in [0.4, 0.5) is 11.4 Å².